The lowest BCUT2D eigenvalue weighted by Gasteiger charge is -2.18. The standard InChI is InChI=1S/C18H22N2/c1-12-9-17(19)18(10-13(12)2)20-16-8-7-14-5-3-4-6-15(14)11-16/h7-11,20H,3-6,19H2,1-2H3. The molecule has 0 amide bonds. The van der Waals surface area contributed by atoms with Gasteiger partial charge in [0.25, 0.3) is 0 Å². The smallest absolute Gasteiger partial charge is 0.0620 e. The molecule has 0 aliphatic heterocycles. The Bertz CT molecular complexity index is 644. The Morgan fingerprint density at radius 2 is 1.60 bits per heavy atom. The molecule has 1 aliphatic rings. The first-order valence-electron chi connectivity index (χ1n) is 7.39. The average Bonchev–Trinajstić information content (AvgIpc) is 2.44. The van der Waals surface area contributed by atoms with Gasteiger partial charge in [-0.1, -0.05) is 6.07 Å². The molecule has 0 heterocycles. The molecule has 0 spiro atoms. The number of anilines is 3. The van der Waals surface area contributed by atoms with E-state index in [1.807, 2.05) is 6.07 Å². The molecule has 0 saturated carbocycles. The van der Waals surface area contributed by atoms with E-state index in [1.54, 1.807) is 0 Å². The van der Waals surface area contributed by atoms with E-state index < -0.39 is 0 Å². The highest BCUT2D eigenvalue weighted by atomic mass is 14.9. The van der Waals surface area contributed by atoms with Crippen molar-refractivity contribution in [3.05, 3.63) is 52.6 Å². The van der Waals surface area contributed by atoms with Gasteiger partial charge < -0.3 is 11.1 Å². The molecule has 0 saturated heterocycles. The molecular weight excluding hydrogens is 244 g/mol. The number of fused-ring (bicyclic) bond motifs is 1. The monoisotopic (exact) mass is 266 g/mol. The van der Waals surface area contributed by atoms with Gasteiger partial charge in [-0.15, -0.1) is 0 Å². The summed E-state index contributed by atoms with van der Waals surface area (Å²) in [5.74, 6) is 0. The Balaban J connectivity index is 1.89. The third-order valence-electron chi connectivity index (χ3n) is 4.29. The van der Waals surface area contributed by atoms with Crippen LogP contribution in [-0.2, 0) is 12.8 Å². The molecule has 1 aliphatic carbocycles. The minimum Gasteiger partial charge on any atom is -0.397 e. The summed E-state index contributed by atoms with van der Waals surface area (Å²) in [5.41, 5.74) is 14.6. The van der Waals surface area contributed by atoms with Crippen LogP contribution < -0.4 is 11.1 Å². The van der Waals surface area contributed by atoms with Crippen LogP contribution in [0, 0.1) is 13.8 Å². The van der Waals surface area contributed by atoms with Crippen molar-refractivity contribution in [2.45, 2.75) is 39.5 Å². The van der Waals surface area contributed by atoms with Crippen LogP contribution >= 0.6 is 0 Å². The van der Waals surface area contributed by atoms with Gasteiger partial charge in [0.1, 0.15) is 0 Å². The SMILES string of the molecule is Cc1cc(N)c(Nc2ccc3c(c2)CCCC3)cc1C. The first kappa shape index (κ1) is 13.0. The molecule has 0 aromatic heterocycles. The second-order valence-corrected chi connectivity index (χ2v) is 5.84. The average molecular weight is 266 g/mol. The summed E-state index contributed by atoms with van der Waals surface area (Å²) in [7, 11) is 0. The zero-order valence-electron chi connectivity index (χ0n) is 12.3. The van der Waals surface area contributed by atoms with Gasteiger partial charge in [0.15, 0.2) is 0 Å². The Morgan fingerprint density at radius 3 is 2.40 bits per heavy atom. The van der Waals surface area contributed by atoms with Crippen LogP contribution in [-0.4, -0.2) is 0 Å². The van der Waals surface area contributed by atoms with Crippen LogP contribution in [0.25, 0.3) is 0 Å². The number of benzene rings is 2. The van der Waals surface area contributed by atoms with Crippen molar-refractivity contribution in [3.63, 3.8) is 0 Å². The fourth-order valence-electron chi connectivity index (χ4n) is 2.91. The summed E-state index contributed by atoms with van der Waals surface area (Å²) in [6.07, 6.45) is 5.06. The molecule has 0 fully saturated rings. The van der Waals surface area contributed by atoms with Gasteiger partial charge in [-0.25, -0.2) is 0 Å². The first-order valence-corrected chi connectivity index (χ1v) is 7.39. The lowest BCUT2D eigenvalue weighted by molar-refractivity contribution is 0.686. The maximum Gasteiger partial charge on any atom is 0.0620 e. The van der Waals surface area contributed by atoms with Crippen LogP contribution in [0.5, 0.6) is 0 Å². The molecule has 2 aromatic rings. The van der Waals surface area contributed by atoms with E-state index >= 15 is 0 Å². The molecule has 0 unspecified atom stereocenters. The number of hydrogen-bond acceptors (Lipinski definition) is 2. The molecule has 2 aromatic carbocycles. The molecule has 2 heteroatoms. The van der Waals surface area contributed by atoms with Crippen molar-refractivity contribution in [1.82, 2.24) is 0 Å². The number of aryl methyl sites for hydroxylation is 4. The molecule has 20 heavy (non-hydrogen) atoms. The van der Waals surface area contributed by atoms with E-state index in [4.69, 9.17) is 5.73 Å². The van der Waals surface area contributed by atoms with Crippen molar-refractivity contribution in [2.75, 3.05) is 11.1 Å². The molecule has 3 rings (SSSR count). The number of nitrogens with one attached hydrogen (secondary N) is 1. The Labute approximate surface area is 121 Å². The Hall–Kier alpha value is -1.96. The second-order valence-electron chi connectivity index (χ2n) is 5.84. The van der Waals surface area contributed by atoms with E-state index in [2.05, 4.69) is 43.4 Å². The van der Waals surface area contributed by atoms with Crippen molar-refractivity contribution < 1.29 is 0 Å². The Kier molecular flexibility index (Phi) is 3.39. The summed E-state index contributed by atoms with van der Waals surface area (Å²) in [4.78, 5) is 0. The third kappa shape index (κ3) is 2.51. The zero-order chi connectivity index (χ0) is 14.1. The van der Waals surface area contributed by atoms with Crippen LogP contribution in [0.4, 0.5) is 17.1 Å². The number of nitrogens with two attached hydrogens (primary N) is 1. The van der Waals surface area contributed by atoms with Crippen molar-refractivity contribution >= 4 is 17.1 Å². The third-order valence-corrected chi connectivity index (χ3v) is 4.29. The van der Waals surface area contributed by atoms with Gasteiger partial charge >= 0.3 is 0 Å². The van der Waals surface area contributed by atoms with E-state index in [0.717, 1.165) is 17.1 Å². The molecule has 0 bridgehead atoms. The maximum atomic E-state index is 6.11. The van der Waals surface area contributed by atoms with E-state index in [0.29, 0.717) is 0 Å². The van der Waals surface area contributed by atoms with E-state index in [1.165, 1.54) is 47.9 Å². The van der Waals surface area contributed by atoms with Crippen LogP contribution in [0.3, 0.4) is 0 Å². The van der Waals surface area contributed by atoms with Crippen molar-refractivity contribution in [2.24, 2.45) is 0 Å². The van der Waals surface area contributed by atoms with Crippen LogP contribution in [0.2, 0.25) is 0 Å². The quantitative estimate of drug-likeness (QED) is 0.785. The normalized spacial score (nSPS) is 13.9. The maximum absolute atomic E-state index is 6.11. The molecule has 104 valence electrons. The second kappa shape index (κ2) is 5.20. The highest BCUT2D eigenvalue weighted by molar-refractivity contribution is 5.74. The van der Waals surface area contributed by atoms with E-state index in [9.17, 15) is 0 Å². The van der Waals surface area contributed by atoms with Crippen molar-refractivity contribution in [3.8, 4) is 0 Å². The van der Waals surface area contributed by atoms with Gasteiger partial charge in [-0.3, -0.25) is 0 Å². The van der Waals surface area contributed by atoms with Gasteiger partial charge in [-0.2, -0.15) is 0 Å². The fourth-order valence-corrected chi connectivity index (χ4v) is 2.91. The summed E-state index contributed by atoms with van der Waals surface area (Å²) in [6, 6.07) is 10.9. The van der Waals surface area contributed by atoms with Gasteiger partial charge in [-0.05, 0) is 86.1 Å². The van der Waals surface area contributed by atoms with Gasteiger partial charge in [0.05, 0.1) is 11.4 Å². The largest absolute Gasteiger partial charge is 0.397 e. The van der Waals surface area contributed by atoms with Gasteiger partial charge in [0.2, 0.25) is 0 Å². The number of hydrogen-bond donors (Lipinski definition) is 2. The topological polar surface area (TPSA) is 38.0 Å². The first-order chi connectivity index (χ1) is 9.63. The summed E-state index contributed by atoms with van der Waals surface area (Å²) < 4.78 is 0. The highest BCUT2D eigenvalue weighted by Crippen LogP contribution is 2.29. The molecule has 2 nitrogen and oxygen atoms in total. The minimum atomic E-state index is 0.811. The fraction of sp³-hybridized carbons (Fsp3) is 0.333. The van der Waals surface area contributed by atoms with Crippen LogP contribution in [0.1, 0.15) is 35.1 Å². The lowest BCUT2D eigenvalue weighted by Crippen LogP contribution is -2.04. The summed E-state index contributed by atoms with van der Waals surface area (Å²) in [5, 5.41) is 3.47. The molecule has 0 radical (unpaired) electrons. The van der Waals surface area contributed by atoms with Crippen molar-refractivity contribution in [1.29, 1.82) is 0 Å². The molecular formula is C18H22N2. The highest BCUT2D eigenvalue weighted by Gasteiger charge is 2.10. The van der Waals surface area contributed by atoms with Gasteiger partial charge in [0, 0.05) is 5.69 Å². The molecule has 3 N–H and O–H groups in total. The van der Waals surface area contributed by atoms with Crippen LogP contribution in [0.15, 0.2) is 30.3 Å². The summed E-state index contributed by atoms with van der Waals surface area (Å²) >= 11 is 0. The lowest BCUT2D eigenvalue weighted by atomic mass is 9.91. The predicted molar refractivity (Wildman–Crippen MR) is 86.7 cm³/mol. The van der Waals surface area contributed by atoms with E-state index in [-0.39, 0.29) is 0 Å². The Morgan fingerprint density at radius 1 is 0.900 bits per heavy atom. The minimum absolute atomic E-state index is 0.811. The number of nitrogen functional groups attached to an aromatic ring is 1. The number of rotatable bonds is 2. The zero-order valence-corrected chi connectivity index (χ0v) is 12.3. The molecule has 0 atom stereocenters. The summed E-state index contributed by atoms with van der Waals surface area (Å²) in [6.45, 7) is 4.21. The predicted octanol–water partition coefficient (Wildman–Crippen LogP) is 4.51.